The number of benzene rings is 1. The maximum absolute atomic E-state index is 12.5. The van der Waals surface area contributed by atoms with E-state index in [0.717, 1.165) is 28.7 Å². The Morgan fingerprint density at radius 3 is 2.68 bits per heavy atom. The Morgan fingerprint density at radius 2 is 2.00 bits per heavy atom. The van der Waals surface area contributed by atoms with Crippen LogP contribution in [0.25, 0.3) is 5.69 Å². The van der Waals surface area contributed by atoms with E-state index in [9.17, 15) is 4.79 Å². The van der Waals surface area contributed by atoms with Crippen molar-refractivity contribution >= 4 is 41.2 Å². The highest BCUT2D eigenvalue weighted by Gasteiger charge is 2.25. The summed E-state index contributed by atoms with van der Waals surface area (Å²) < 4.78 is 3.36. The van der Waals surface area contributed by atoms with Gasteiger partial charge in [-0.25, -0.2) is 4.68 Å². The van der Waals surface area contributed by atoms with E-state index in [2.05, 4.69) is 18.9 Å². The van der Waals surface area contributed by atoms with Crippen LogP contribution in [0.2, 0.25) is 0 Å². The van der Waals surface area contributed by atoms with Crippen molar-refractivity contribution in [2.45, 2.75) is 31.5 Å². The molecule has 1 fully saturated rings. The van der Waals surface area contributed by atoms with Crippen molar-refractivity contribution in [1.29, 1.82) is 0 Å². The minimum Gasteiger partial charge on any atom is -0.341 e. The SMILES string of the molecule is Cc1ccccc1-n1nc(SCC(=O)N2C[C@H](C)C[C@@H](C)C2)sc1=S. The van der Waals surface area contributed by atoms with Crippen LogP contribution in [0, 0.1) is 22.7 Å². The van der Waals surface area contributed by atoms with E-state index >= 15 is 0 Å². The number of hydrogen-bond donors (Lipinski definition) is 0. The molecule has 25 heavy (non-hydrogen) atoms. The first-order chi connectivity index (χ1) is 11.9. The van der Waals surface area contributed by atoms with Gasteiger partial charge in [0.15, 0.2) is 8.29 Å². The molecule has 2 aromatic rings. The zero-order chi connectivity index (χ0) is 18.0. The first kappa shape index (κ1) is 18.6. The summed E-state index contributed by atoms with van der Waals surface area (Å²) in [4.78, 5) is 14.5. The van der Waals surface area contributed by atoms with E-state index in [-0.39, 0.29) is 5.91 Å². The minimum atomic E-state index is 0.201. The van der Waals surface area contributed by atoms with Gasteiger partial charge in [0.25, 0.3) is 0 Å². The Balaban J connectivity index is 1.66. The lowest BCUT2D eigenvalue weighted by Gasteiger charge is -2.34. The lowest BCUT2D eigenvalue weighted by molar-refractivity contribution is -0.130. The van der Waals surface area contributed by atoms with E-state index in [1.165, 1.54) is 29.5 Å². The van der Waals surface area contributed by atoms with Crippen molar-refractivity contribution in [2.75, 3.05) is 18.8 Å². The summed E-state index contributed by atoms with van der Waals surface area (Å²) in [6.45, 7) is 8.23. The molecule has 2 heterocycles. The molecule has 0 unspecified atom stereocenters. The highest BCUT2D eigenvalue weighted by Crippen LogP contribution is 2.27. The largest absolute Gasteiger partial charge is 0.341 e. The second-order valence-electron chi connectivity index (χ2n) is 6.87. The van der Waals surface area contributed by atoms with Crippen LogP contribution in [0.1, 0.15) is 25.8 Å². The summed E-state index contributed by atoms with van der Waals surface area (Å²) in [5.74, 6) is 1.79. The van der Waals surface area contributed by atoms with Crippen molar-refractivity contribution < 1.29 is 4.79 Å². The van der Waals surface area contributed by atoms with Crippen LogP contribution >= 0.6 is 35.3 Å². The molecule has 134 valence electrons. The Kier molecular flexibility index (Phi) is 5.96. The number of piperidine rings is 1. The van der Waals surface area contributed by atoms with Gasteiger partial charge >= 0.3 is 0 Å². The molecule has 1 aliphatic heterocycles. The van der Waals surface area contributed by atoms with Crippen molar-refractivity contribution in [2.24, 2.45) is 11.8 Å². The second kappa shape index (κ2) is 8.01. The van der Waals surface area contributed by atoms with Crippen LogP contribution in [0.4, 0.5) is 0 Å². The van der Waals surface area contributed by atoms with Gasteiger partial charge in [0, 0.05) is 13.1 Å². The smallest absolute Gasteiger partial charge is 0.233 e. The van der Waals surface area contributed by atoms with Crippen LogP contribution in [0.15, 0.2) is 28.6 Å². The molecule has 2 atom stereocenters. The molecule has 1 saturated heterocycles. The molecule has 1 aromatic heterocycles. The molecule has 1 aromatic carbocycles. The Bertz CT molecular complexity index is 804. The zero-order valence-electron chi connectivity index (χ0n) is 14.8. The lowest BCUT2D eigenvalue weighted by Crippen LogP contribution is -2.43. The average Bonchev–Trinajstić information content (AvgIpc) is 2.93. The van der Waals surface area contributed by atoms with Crippen molar-refractivity contribution in [3.8, 4) is 5.69 Å². The number of nitrogens with zero attached hydrogens (tertiary/aromatic N) is 3. The van der Waals surface area contributed by atoms with Crippen LogP contribution in [-0.2, 0) is 4.79 Å². The molecule has 3 rings (SSSR count). The summed E-state index contributed by atoms with van der Waals surface area (Å²) in [7, 11) is 0. The van der Waals surface area contributed by atoms with Crippen LogP contribution in [-0.4, -0.2) is 39.4 Å². The third-order valence-corrected chi connectivity index (χ3v) is 6.76. The van der Waals surface area contributed by atoms with E-state index in [1.54, 1.807) is 4.68 Å². The third-order valence-electron chi connectivity index (χ3n) is 4.41. The van der Waals surface area contributed by atoms with Crippen molar-refractivity contribution in [3.63, 3.8) is 0 Å². The summed E-state index contributed by atoms with van der Waals surface area (Å²) in [5, 5.41) is 4.61. The number of aromatic nitrogens is 2. The summed E-state index contributed by atoms with van der Waals surface area (Å²) in [6.07, 6.45) is 1.21. The molecule has 0 N–H and O–H groups in total. The molecule has 0 aliphatic carbocycles. The maximum atomic E-state index is 12.5. The fraction of sp³-hybridized carbons (Fsp3) is 0.500. The Morgan fingerprint density at radius 1 is 1.32 bits per heavy atom. The third kappa shape index (κ3) is 4.51. The van der Waals surface area contributed by atoms with Crippen LogP contribution in [0.5, 0.6) is 0 Å². The van der Waals surface area contributed by atoms with Gasteiger partial charge in [0.1, 0.15) is 0 Å². The molecular formula is C18H23N3OS3. The summed E-state index contributed by atoms with van der Waals surface area (Å²) in [6, 6.07) is 8.05. The number of carbonyl (C=O) groups is 1. The number of para-hydroxylation sites is 1. The number of likely N-dealkylation sites (tertiary alicyclic amines) is 1. The second-order valence-corrected chi connectivity index (χ2v) is 9.71. The highest BCUT2D eigenvalue weighted by molar-refractivity contribution is 8.01. The first-order valence-electron chi connectivity index (χ1n) is 8.50. The number of aryl methyl sites for hydroxylation is 1. The Hall–Kier alpha value is -1.18. The van der Waals surface area contributed by atoms with Gasteiger partial charge in [-0.15, -0.1) is 5.10 Å². The zero-order valence-corrected chi connectivity index (χ0v) is 17.2. The molecule has 1 amide bonds. The van der Waals surface area contributed by atoms with Gasteiger partial charge in [-0.2, -0.15) is 0 Å². The van der Waals surface area contributed by atoms with E-state index < -0.39 is 0 Å². The quantitative estimate of drug-likeness (QED) is 0.563. The Labute approximate surface area is 162 Å². The number of amides is 1. The topological polar surface area (TPSA) is 38.1 Å². The van der Waals surface area contributed by atoms with Gasteiger partial charge in [-0.1, -0.05) is 55.1 Å². The number of hydrogen-bond acceptors (Lipinski definition) is 5. The predicted octanol–water partition coefficient (Wildman–Crippen LogP) is 4.57. The maximum Gasteiger partial charge on any atom is 0.233 e. The first-order valence-corrected chi connectivity index (χ1v) is 10.7. The van der Waals surface area contributed by atoms with Crippen molar-refractivity contribution in [3.05, 3.63) is 33.8 Å². The molecule has 4 nitrogen and oxygen atoms in total. The van der Waals surface area contributed by atoms with Gasteiger partial charge in [-0.05, 0) is 49.0 Å². The summed E-state index contributed by atoms with van der Waals surface area (Å²) in [5.41, 5.74) is 2.13. The molecule has 1 aliphatic rings. The van der Waals surface area contributed by atoms with Crippen LogP contribution in [0.3, 0.4) is 0 Å². The number of carbonyl (C=O) groups excluding carboxylic acids is 1. The summed E-state index contributed by atoms with van der Waals surface area (Å²) >= 11 is 8.42. The van der Waals surface area contributed by atoms with E-state index in [0.29, 0.717) is 21.5 Å². The monoisotopic (exact) mass is 393 g/mol. The van der Waals surface area contributed by atoms with E-state index in [4.69, 9.17) is 12.2 Å². The average molecular weight is 394 g/mol. The molecule has 0 radical (unpaired) electrons. The molecule has 0 saturated carbocycles. The standard InChI is InChI=1S/C18H23N3OS3/c1-12-8-13(2)10-20(9-12)16(22)11-24-17-19-21(18(23)25-17)15-7-5-4-6-14(15)3/h4-7,12-13H,8-11H2,1-3H3/t12-,13-/m1/s1. The van der Waals surface area contributed by atoms with Gasteiger partial charge < -0.3 is 4.90 Å². The molecule has 7 heteroatoms. The van der Waals surface area contributed by atoms with Crippen LogP contribution < -0.4 is 0 Å². The van der Waals surface area contributed by atoms with E-state index in [1.807, 2.05) is 36.1 Å². The fourth-order valence-corrected chi connectivity index (χ4v) is 5.60. The fourth-order valence-electron chi connectivity index (χ4n) is 3.35. The minimum absolute atomic E-state index is 0.201. The number of thioether (sulfide) groups is 1. The predicted molar refractivity (Wildman–Crippen MR) is 107 cm³/mol. The molecular weight excluding hydrogens is 370 g/mol. The van der Waals surface area contributed by atoms with Crippen molar-refractivity contribution in [1.82, 2.24) is 14.7 Å². The van der Waals surface area contributed by atoms with Gasteiger partial charge in [0.2, 0.25) is 5.91 Å². The molecule has 0 bridgehead atoms. The van der Waals surface area contributed by atoms with Gasteiger partial charge in [0.05, 0.1) is 11.4 Å². The van der Waals surface area contributed by atoms with Gasteiger partial charge in [-0.3, -0.25) is 4.79 Å². The number of rotatable bonds is 4. The molecule has 0 spiro atoms. The normalized spacial score (nSPS) is 20.7. The lowest BCUT2D eigenvalue weighted by atomic mass is 9.92. The highest BCUT2D eigenvalue weighted by atomic mass is 32.2.